The van der Waals surface area contributed by atoms with Crippen molar-refractivity contribution in [2.45, 2.75) is 25.3 Å². The average Bonchev–Trinajstić information content (AvgIpc) is 2.65. The molecule has 2 N–H and O–H groups in total. The summed E-state index contributed by atoms with van der Waals surface area (Å²) in [5, 5.41) is 4.15. The molecule has 4 nitrogen and oxygen atoms in total. The number of anilines is 1. The third-order valence-corrected chi connectivity index (χ3v) is 2.96. The van der Waals surface area contributed by atoms with Crippen LogP contribution >= 0.6 is 0 Å². The Morgan fingerprint density at radius 1 is 1.44 bits per heavy atom. The van der Waals surface area contributed by atoms with Crippen molar-refractivity contribution in [1.82, 2.24) is 14.7 Å². The van der Waals surface area contributed by atoms with Crippen molar-refractivity contribution in [3.63, 3.8) is 0 Å². The summed E-state index contributed by atoms with van der Waals surface area (Å²) in [6.07, 6.45) is 1.32. The van der Waals surface area contributed by atoms with Gasteiger partial charge >= 0.3 is 0 Å². The summed E-state index contributed by atoms with van der Waals surface area (Å²) in [5.41, 5.74) is 5.54. The number of nitrogens with two attached hydrogens (primary N) is 1. The van der Waals surface area contributed by atoms with E-state index in [0.717, 1.165) is 12.8 Å². The number of piperidine rings is 1. The molecule has 6 heteroatoms. The minimum Gasteiger partial charge on any atom is -0.382 e. The van der Waals surface area contributed by atoms with Gasteiger partial charge in [0.2, 0.25) is 0 Å². The highest BCUT2D eigenvalue weighted by Crippen LogP contribution is 2.22. The molecule has 1 fully saturated rings. The molecule has 0 aromatic carbocycles. The van der Waals surface area contributed by atoms with Crippen LogP contribution in [0.5, 0.6) is 0 Å². The van der Waals surface area contributed by atoms with Crippen LogP contribution in [0.15, 0.2) is 12.3 Å². The van der Waals surface area contributed by atoms with Gasteiger partial charge in [-0.25, -0.2) is 8.78 Å². The lowest BCUT2D eigenvalue weighted by molar-refractivity contribution is 0.0690. The molecule has 2 rings (SSSR count). The zero-order chi connectivity index (χ0) is 11.5. The highest BCUT2D eigenvalue weighted by Gasteiger charge is 2.22. The Balaban J connectivity index is 1.85. The number of alkyl halides is 2. The Labute approximate surface area is 93.0 Å². The molecule has 1 aliphatic heterocycles. The molecule has 0 radical (unpaired) electrons. The van der Waals surface area contributed by atoms with E-state index in [1.165, 1.54) is 0 Å². The van der Waals surface area contributed by atoms with Crippen LogP contribution in [0.4, 0.5) is 14.6 Å². The maximum Gasteiger partial charge on any atom is 0.251 e. The number of nitrogens with zero attached hydrogens (tertiary/aromatic N) is 3. The highest BCUT2D eigenvalue weighted by atomic mass is 19.3. The molecule has 1 aromatic rings. The van der Waals surface area contributed by atoms with Crippen molar-refractivity contribution in [2.24, 2.45) is 0 Å². The molecular weight excluding hydrogens is 214 g/mol. The van der Waals surface area contributed by atoms with E-state index in [1.807, 2.05) is 10.9 Å². The highest BCUT2D eigenvalue weighted by molar-refractivity contribution is 5.24. The van der Waals surface area contributed by atoms with E-state index in [4.69, 9.17) is 5.73 Å². The molecule has 1 saturated heterocycles. The Morgan fingerprint density at radius 3 is 2.62 bits per heavy atom. The van der Waals surface area contributed by atoms with E-state index in [1.54, 1.807) is 11.0 Å². The van der Waals surface area contributed by atoms with Gasteiger partial charge in [0, 0.05) is 19.3 Å². The minimum absolute atomic E-state index is 0.117. The van der Waals surface area contributed by atoms with Crippen LogP contribution in [0.1, 0.15) is 18.9 Å². The quantitative estimate of drug-likeness (QED) is 0.853. The third kappa shape index (κ3) is 2.69. The lowest BCUT2D eigenvalue weighted by atomic mass is 10.1. The molecular formula is C10H16F2N4. The van der Waals surface area contributed by atoms with Gasteiger partial charge in [0.1, 0.15) is 5.82 Å². The fourth-order valence-corrected chi connectivity index (χ4v) is 2.12. The van der Waals surface area contributed by atoms with Gasteiger partial charge < -0.3 is 5.73 Å². The van der Waals surface area contributed by atoms with E-state index >= 15 is 0 Å². The third-order valence-electron chi connectivity index (χ3n) is 2.96. The molecule has 16 heavy (non-hydrogen) atoms. The Kier molecular flexibility index (Phi) is 3.38. The number of halogens is 2. The van der Waals surface area contributed by atoms with E-state index in [2.05, 4.69) is 5.10 Å². The molecule has 0 amide bonds. The Hall–Kier alpha value is -1.17. The molecule has 2 heterocycles. The molecule has 0 aliphatic carbocycles. The predicted molar refractivity (Wildman–Crippen MR) is 57.4 cm³/mol. The normalized spacial score (nSPS) is 19.4. The standard InChI is InChI=1S/C10H16F2N4/c11-9(12)7-15-4-1-8(2-5-15)16-6-3-10(13)14-16/h3,6,8-9H,1-2,4-5,7H2,(H2,13,14). The van der Waals surface area contributed by atoms with Gasteiger partial charge in [-0.2, -0.15) is 5.10 Å². The Bertz CT molecular complexity index is 331. The molecule has 1 aromatic heterocycles. The van der Waals surface area contributed by atoms with Gasteiger partial charge in [-0.05, 0) is 18.9 Å². The topological polar surface area (TPSA) is 47.1 Å². The van der Waals surface area contributed by atoms with Gasteiger partial charge in [-0.3, -0.25) is 9.58 Å². The number of hydrogen-bond acceptors (Lipinski definition) is 3. The zero-order valence-electron chi connectivity index (χ0n) is 9.02. The summed E-state index contributed by atoms with van der Waals surface area (Å²) < 4.78 is 26.2. The number of likely N-dealkylation sites (tertiary alicyclic amines) is 1. The molecule has 0 saturated carbocycles. The van der Waals surface area contributed by atoms with Crippen LogP contribution in [-0.4, -0.2) is 40.7 Å². The minimum atomic E-state index is -2.24. The lowest BCUT2D eigenvalue weighted by Gasteiger charge is -2.31. The second-order valence-corrected chi connectivity index (χ2v) is 4.14. The lowest BCUT2D eigenvalue weighted by Crippen LogP contribution is -2.37. The van der Waals surface area contributed by atoms with Crippen LogP contribution < -0.4 is 5.73 Å². The maximum atomic E-state index is 12.2. The summed E-state index contributed by atoms with van der Waals surface area (Å²) in [7, 11) is 0. The summed E-state index contributed by atoms with van der Waals surface area (Å²) >= 11 is 0. The first-order chi connectivity index (χ1) is 7.65. The fourth-order valence-electron chi connectivity index (χ4n) is 2.12. The van der Waals surface area contributed by atoms with Crippen LogP contribution in [0.2, 0.25) is 0 Å². The summed E-state index contributed by atoms with van der Waals surface area (Å²) in [5.74, 6) is 0.509. The number of hydrogen-bond donors (Lipinski definition) is 1. The van der Waals surface area contributed by atoms with E-state index < -0.39 is 6.43 Å². The first-order valence-corrected chi connectivity index (χ1v) is 5.46. The summed E-state index contributed by atoms with van der Waals surface area (Å²) in [4.78, 5) is 1.80. The van der Waals surface area contributed by atoms with Crippen molar-refractivity contribution in [1.29, 1.82) is 0 Å². The average molecular weight is 230 g/mol. The van der Waals surface area contributed by atoms with E-state index in [-0.39, 0.29) is 6.54 Å². The Morgan fingerprint density at radius 2 is 2.12 bits per heavy atom. The summed E-state index contributed by atoms with van der Waals surface area (Å²) in [6.45, 7) is 1.29. The largest absolute Gasteiger partial charge is 0.382 e. The van der Waals surface area contributed by atoms with Crippen molar-refractivity contribution in [3.05, 3.63) is 12.3 Å². The molecule has 1 aliphatic rings. The first-order valence-electron chi connectivity index (χ1n) is 5.46. The van der Waals surface area contributed by atoms with Crippen molar-refractivity contribution in [2.75, 3.05) is 25.4 Å². The second kappa shape index (κ2) is 4.78. The first kappa shape index (κ1) is 11.3. The van der Waals surface area contributed by atoms with E-state index in [0.29, 0.717) is 24.9 Å². The number of rotatable bonds is 3. The van der Waals surface area contributed by atoms with Gasteiger partial charge in [0.05, 0.1) is 12.6 Å². The van der Waals surface area contributed by atoms with Crippen molar-refractivity contribution < 1.29 is 8.78 Å². The number of nitrogen functional groups attached to an aromatic ring is 1. The number of aromatic nitrogens is 2. The molecule has 90 valence electrons. The van der Waals surface area contributed by atoms with Gasteiger partial charge in [-0.1, -0.05) is 0 Å². The monoisotopic (exact) mass is 230 g/mol. The van der Waals surface area contributed by atoms with Crippen LogP contribution in [0, 0.1) is 0 Å². The van der Waals surface area contributed by atoms with Crippen LogP contribution in [-0.2, 0) is 0 Å². The second-order valence-electron chi connectivity index (χ2n) is 4.14. The SMILES string of the molecule is Nc1ccn(C2CCN(CC(F)F)CC2)n1. The smallest absolute Gasteiger partial charge is 0.251 e. The summed E-state index contributed by atoms with van der Waals surface area (Å²) in [6, 6.07) is 2.05. The fraction of sp³-hybridized carbons (Fsp3) is 0.700. The van der Waals surface area contributed by atoms with Crippen LogP contribution in [0.3, 0.4) is 0 Å². The molecule has 0 spiro atoms. The molecule has 0 unspecified atom stereocenters. The molecule has 0 atom stereocenters. The van der Waals surface area contributed by atoms with Gasteiger partial charge in [0.25, 0.3) is 6.43 Å². The predicted octanol–water partition coefficient (Wildman–Crippen LogP) is 1.37. The van der Waals surface area contributed by atoms with Crippen LogP contribution in [0.25, 0.3) is 0 Å². The van der Waals surface area contributed by atoms with E-state index in [9.17, 15) is 8.78 Å². The van der Waals surface area contributed by atoms with Gasteiger partial charge in [-0.15, -0.1) is 0 Å². The maximum absolute atomic E-state index is 12.2. The molecule has 0 bridgehead atoms. The van der Waals surface area contributed by atoms with Gasteiger partial charge in [0.15, 0.2) is 0 Å². The van der Waals surface area contributed by atoms with Crippen molar-refractivity contribution >= 4 is 5.82 Å². The van der Waals surface area contributed by atoms with Crippen molar-refractivity contribution in [3.8, 4) is 0 Å². The zero-order valence-corrected chi connectivity index (χ0v) is 9.02.